The van der Waals surface area contributed by atoms with Crippen LogP contribution in [-0.2, 0) is 0 Å². The summed E-state index contributed by atoms with van der Waals surface area (Å²) in [7, 11) is 1.92. The van der Waals surface area contributed by atoms with Crippen LogP contribution in [0.5, 0.6) is 17.2 Å². The molecule has 2 aromatic carbocycles. The minimum atomic E-state index is -0.674. The lowest BCUT2D eigenvalue weighted by Gasteiger charge is -2.30. The maximum Gasteiger partial charge on any atom is 0.161 e. The second kappa shape index (κ2) is 8.82. The van der Waals surface area contributed by atoms with Crippen LogP contribution in [-0.4, -0.2) is 55.6 Å². The fraction of sp³-hybridized carbons (Fsp3) is 0.368. The lowest BCUT2D eigenvalue weighted by Crippen LogP contribution is -2.42. The van der Waals surface area contributed by atoms with Crippen LogP contribution >= 0.6 is 23.2 Å². The van der Waals surface area contributed by atoms with Gasteiger partial charge in [-0.15, -0.1) is 0 Å². The highest BCUT2D eigenvalue weighted by Gasteiger charge is 2.22. The molecule has 1 aliphatic rings. The van der Waals surface area contributed by atoms with E-state index in [1.807, 2.05) is 36.2 Å². The molecule has 2 aromatic rings. The molecule has 0 fully saturated rings. The standard InChI is InChI=1S/C19H21Cl2NO4/c1-22(10-15-12-25-17-4-2-3-5-18(17)26-15)9-14(23)11-24-19-8-13(20)6-7-16(19)21/h2-8,14-15,23H,9-12H2,1H3. The van der Waals surface area contributed by atoms with E-state index in [-0.39, 0.29) is 12.7 Å². The summed E-state index contributed by atoms with van der Waals surface area (Å²) in [4.78, 5) is 1.98. The molecule has 1 heterocycles. The predicted molar refractivity (Wildman–Crippen MR) is 102 cm³/mol. The molecule has 2 atom stereocenters. The van der Waals surface area contributed by atoms with E-state index in [9.17, 15) is 5.11 Å². The van der Waals surface area contributed by atoms with Crippen molar-refractivity contribution in [2.45, 2.75) is 12.2 Å². The zero-order valence-electron chi connectivity index (χ0n) is 14.4. The number of aliphatic hydroxyl groups excluding tert-OH is 1. The molecule has 0 spiro atoms. The monoisotopic (exact) mass is 397 g/mol. The number of halogens is 2. The fourth-order valence-corrected chi connectivity index (χ4v) is 3.10. The highest BCUT2D eigenvalue weighted by molar-refractivity contribution is 6.34. The van der Waals surface area contributed by atoms with Crippen molar-refractivity contribution in [2.24, 2.45) is 0 Å². The lowest BCUT2D eigenvalue weighted by atomic mass is 10.2. The third-order valence-electron chi connectivity index (χ3n) is 3.93. The van der Waals surface area contributed by atoms with Gasteiger partial charge >= 0.3 is 0 Å². The van der Waals surface area contributed by atoms with E-state index < -0.39 is 6.10 Å². The molecule has 0 aliphatic carbocycles. The number of rotatable bonds is 7. The van der Waals surface area contributed by atoms with Crippen LogP contribution in [0.1, 0.15) is 0 Å². The summed E-state index contributed by atoms with van der Waals surface area (Å²) in [5.74, 6) is 1.97. The van der Waals surface area contributed by atoms with Crippen molar-refractivity contribution in [3.8, 4) is 17.2 Å². The van der Waals surface area contributed by atoms with E-state index in [4.69, 9.17) is 37.4 Å². The Morgan fingerprint density at radius 2 is 2.00 bits per heavy atom. The zero-order chi connectivity index (χ0) is 18.5. The molecule has 2 unspecified atom stereocenters. The quantitative estimate of drug-likeness (QED) is 0.774. The SMILES string of the molecule is CN(CC(O)COc1cc(Cl)ccc1Cl)CC1COc2ccccc2O1. The van der Waals surface area contributed by atoms with Gasteiger partial charge in [0.25, 0.3) is 0 Å². The van der Waals surface area contributed by atoms with Gasteiger partial charge in [-0.25, -0.2) is 0 Å². The van der Waals surface area contributed by atoms with Gasteiger partial charge in [0.1, 0.15) is 31.2 Å². The van der Waals surface area contributed by atoms with E-state index in [0.29, 0.717) is 35.5 Å². The molecular weight excluding hydrogens is 377 g/mol. The second-order valence-electron chi connectivity index (χ2n) is 6.26. The first kappa shape index (κ1) is 19.1. The van der Waals surface area contributed by atoms with Crippen molar-refractivity contribution in [3.05, 3.63) is 52.5 Å². The third kappa shape index (κ3) is 5.17. The van der Waals surface area contributed by atoms with Crippen LogP contribution in [0.15, 0.2) is 42.5 Å². The first-order valence-electron chi connectivity index (χ1n) is 8.34. The van der Waals surface area contributed by atoms with E-state index in [1.165, 1.54) is 0 Å². The number of likely N-dealkylation sites (N-methyl/N-ethyl adjacent to an activating group) is 1. The molecule has 7 heteroatoms. The highest BCUT2D eigenvalue weighted by atomic mass is 35.5. The first-order valence-corrected chi connectivity index (χ1v) is 9.10. The van der Waals surface area contributed by atoms with Crippen molar-refractivity contribution in [1.82, 2.24) is 4.90 Å². The number of ether oxygens (including phenoxy) is 3. The van der Waals surface area contributed by atoms with Crippen molar-refractivity contribution >= 4 is 23.2 Å². The number of hydrogen-bond donors (Lipinski definition) is 1. The topological polar surface area (TPSA) is 51.2 Å². The van der Waals surface area contributed by atoms with Crippen LogP contribution in [0.4, 0.5) is 0 Å². The van der Waals surface area contributed by atoms with Gasteiger partial charge in [-0.1, -0.05) is 35.3 Å². The van der Waals surface area contributed by atoms with E-state index >= 15 is 0 Å². The molecular formula is C19H21Cl2NO4. The maximum atomic E-state index is 10.2. The Morgan fingerprint density at radius 1 is 1.23 bits per heavy atom. The molecule has 0 saturated heterocycles. The van der Waals surface area contributed by atoms with Crippen molar-refractivity contribution in [3.63, 3.8) is 0 Å². The number of aliphatic hydroxyl groups is 1. The summed E-state index contributed by atoms with van der Waals surface area (Å²) >= 11 is 12.0. The average molecular weight is 398 g/mol. The summed E-state index contributed by atoms with van der Waals surface area (Å²) in [6.45, 7) is 1.66. The number of hydrogen-bond acceptors (Lipinski definition) is 5. The molecule has 0 bridgehead atoms. The average Bonchev–Trinajstić information content (AvgIpc) is 2.62. The Balaban J connectivity index is 1.44. The molecule has 140 valence electrons. The molecule has 0 aromatic heterocycles. The highest BCUT2D eigenvalue weighted by Crippen LogP contribution is 2.31. The number of benzene rings is 2. The zero-order valence-corrected chi connectivity index (χ0v) is 15.9. The third-order valence-corrected chi connectivity index (χ3v) is 4.48. The minimum absolute atomic E-state index is 0.0922. The van der Waals surface area contributed by atoms with E-state index in [1.54, 1.807) is 18.2 Å². The maximum absolute atomic E-state index is 10.2. The normalized spacial score (nSPS) is 17.2. The summed E-state index contributed by atoms with van der Waals surface area (Å²) in [6.07, 6.45) is -0.766. The largest absolute Gasteiger partial charge is 0.489 e. The number of para-hydroxylation sites is 2. The molecule has 3 rings (SSSR count). The Morgan fingerprint density at radius 3 is 2.81 bits per heavy atom. The van der Waals surface area contributed by atoms with Gasteiger partial charge in [0.05, 0.1) is 5.02 Å². The van der Waals surface area contributed by atoms with Crippen LogP contribution in [0.2, 0.25) is 10.0 Å². The molecule has 0 saturated carbocycles. The smallest absolute Gasteiger partial charge is 0.161 e. The van der Waals surface area contributed by atoms with E-state index in [0.717, 1.165) is 11.5 Å². The van der Waals surface area contributed by atoms with Crippen molar-refractivity contribution in [2.75, 3.05) is 33.4 Å². The van der Waals surface area contributed by atoms with Gasteiger partial charge in [-0.05, 0) is 31.3 Å². The predicted octanol–water partition coefficient (Wildman–Crippen LogP) is 3.50. The van der Waals surface area contributed by atoms with Crippen LogP contribution in [0.3, 0.4) is 0 Å². The first-order chi connectivity index (χ1) is 12.5. The molecule has 1 N–H and O–H groups in total. The van der Waals surface area contributed by atoms with Gasteiger partial charge in [0.2, 0.25) is 0 Å². The molecule has 5 nitrogen and oxygen atoms in total. The van der Waals surface area contributed by atoms with Gasteiger partial charge in [0, 0.05) is 24.2 Å². The van der Waals surface area contributed by atoms with Gasteiger partial charge in [0.15, 0.2) is 11.5 Å². The second-order valence-corrected chi connectivity index (χ2v) is 7.10. The molecule has 26 heavy (non-hydrogen) atoms. The Bertz CT molecular complexity index is 743. The fourth-order valence-electron chi connectivity index (χ4n) is 2.76. The summed E-state index contributed by atoms with van der Waals surface area (Å²) in [6, 6.07) is 12.6. The molecule has 0 radical (unpaired) electrons. The van der Waals surface area contributed by atoms with Gasteiger partial charge in [-0.3, -0.25) is 4.90 Å². The summed E-state index contributed by atoms with van der Waals surface area (Å²) < 4.78 is 17.2. The number of fused-ring (bicyclic) bond motifs is 1. The Hall–Kier alpha value is -1.66. The number of nitrogens with zero attached hydrogens (tertiary/aromatic N) is 1. The van der Waals surface area contributed by atoms with E-state index in [2.05, 4.69) is 0 Å². The van der Waals surface area contributed by atoms with Crippen LogP contribution in [0.25, 0.3) is 0 Å². The van der Waals surface area contributed by atoms with Crippen molar-refractivity contribution in [1.29, 1.82) is 0 Å². The summed E-state index contributed by atoms with van der Waals surface area (Å²) in [5, 5.41) is 11.2. The van der Waals surface area contributed by atoms with Gasteiger partial charge < -0.3 is 19.3 Å². The lowest BCUT2D eigenvalue weighted by molar-refractivity contribution is 0.0374. The van der Waals surface area contributed by atoms with Crippen molar-refractivity contribution < 1.29 is 19.3 Å². The minimum Gasteiger partial charge on any atom is -0.489 e. The van der Waals surface area contributed by atoms with Crippen LogP contribution < -0.4 is 14.2 Å². The Labute approximate surface area is 163 Å². The molecule has 1 aliphatic heterocycles. The molecule has 0 amide bonds. The summed E-state index contributed by atoms with van der Waals surface area (Å²) in [5.41, 5.74) is 0. The Kier molecular flexibility index (Phi) is 6.48. The van der Waals surface area contributed by atoms with Gasteiger partial charge in [-0.2, -0.15) is 0 Å². The van der Waals surface area contributed by atoms with Crippen LogP contribution in [0, 0.1) is 0 Å².